The van der Waals surface area contributed by atoms with Crippen LogP contribution in [0.4, 0.5) is 5.69 Å². The Morgan fingerprint density at radius 3 is 2.85 bits per heavy atom. The van der Waals surface area contributed by atoms with Crippen molar-refractivity contribution in [2.75, 3.05) is 5.32 Å². The first-order valence-corrected chi connectivity index (χ1v) is 6.75. The van der Waals surface area contributed by atoms with Crippen molar-refractivity contribution in [2.24, 2.45) is 5.73 Å². The smallest absolute Gasteiger partial charge is 0.244 e. The van der Waals surface area contributed by atoms with Gasteiger partial charge in [0.15, 0.2) is 0 Å². The lowest BCUT2D eigenvalue weighted by atomic mass is 10.1. The minimum Gasteiger partial charge on any atom is -0.370 e. The van der Waals surface area contributed by atoms with Gasteiger partial charge < -0.3 is 11.1 Å². The number of primary amides is 1. The fourth-order valence-corrected chi connectivity index (χ4v) is 2.09. The van der Waals surface area contributed by atoms with Gasteiger partial charge in [0.2, 0.25) is 5.91 Å². The van der Waals surface area contributed by atoms with Crippen molar-refractivity contribution >= 4 is 11.6 Å². The molecule has 2 rings (SSSR count). The number of aromatic nitrogens is 2. The number of anilines is 1. The third kappa shape index (κ3) is 3.17. The maximum Gasteiger partial charge on any atom is 0.244 e. The number of hydrogen-bond acceptors (Lipinski definition) is 3. The van der Waals surface area contributed by atoms with Crippen molar-refractivity contribution in [3.8, 4) is 0 Å². The van der Waals surface area contributed by atoms with Gasteiger partial charge in [-0.25, -0.2) is 0 Å². The molecule has 20 heavy (non-hydrogen) atoms. The summed E-state index contributed by atoms with van der Waals surface area (Å²) in [6, 6.07) is 7.23. The zero-order valence-corrected chi connectivity index (χ0v) is 11.8. The second-order valence-corrected chi connectivity index (χ2v) is 4.83. The first-order chi connectivity index (χ1) is 9.61. The minimum atomic E-state index is -0.568. The lowest BCUT2D eigenvalue weighted by Gasteiger charge is -2.16. The van der Waals surface area contributed by atoms with Crippen molar-refractivity contribution < 1.29 is 4.79 Å². The summed E-state index contributed by atoms with van der Waals surface area (Å²) in [6.07, 6.45) is 4.55. The zero-order valence-electron chi connectivity index (χ0n) is 11.8. The Morgan fingerprint density at radius 2 is 2.20 bits per heavy atom. The van der Waals surface area contributed by atoms with Gasteiger partial charge >= 0.3 is 0 Å². The predicted octanol–water partition coefficient (Wildman–Crippen LogP) is 2.24. The summed E-state index contributed by atoms with van der Waals surface area (Å²) < 4.78 is 1.82. The molecule has 0 aliphatic rings. The highest BCUT2D eigenvalue weighted by atomic mass is 16.1. The number of nitrogens with zero attached hydrogens (tertiary/aromatic N) is 2. The number of nitrogens with one attached hydrogen (secondary N) is 1. The normalized spacial score (nSPS) is 12.1. The number of para-hydroxylation sites is 1. The summed E-state index contributed by atoms with van der Waals surface area (Å²) >= 11 is 0. The van der Waals surface area contributed by atoms with Gasteiger partial charge in [-0.3, -0.25) is 9.48 Å². The van der Waals surface area contributed by atoms with Gasteiger partial charge in [-0.05, 0) is 25.0 Å². The average molecular weight is 272 g/mol. The molecule has 1 aromatic carbocycles. The summed E-state index contributed by atoms with van der Waals surface area (Å²) in [4.78, 5) is 11.7. The van der Waals surface area contributed by atoms with Gasteiger partial charge in [0.25, 0.3) is 0 Å². The second-order valence-electron chi connectivity index (χ2n) is 4.83. The maximum atomic E-state index is 11.7. The summed E-state index contributed by atoms with van der Waals surface area (Å²) in [7, 11) is 0. The number of carbonyl (C=O) groups excluding carboxylic acids is 1. The van der Waals surface area contributed by atoms with Gasteiger partial charge in [0, 0.05) is 24.0 Å². The Labute approximate surface area is 118 Å². The second kappa shape index (κ2) is 6.23. The highest BCUT2D eigenvalue weighted by molar-refractivity contribution is 5.84. The molecular formula is C15H20N4O. The summed E-state index contributed by atoms with van der Waals surface area (Å²) in [6.45, 7) is 4.90. The number of hydrogen-bond donors (Lipinski definition) is 2. The summed E-state index contributed by atoms with van der Waals surface area (Å²) in [5, 5.41) is 7.43. The number of amides is 1. The third-order valence-corrected chi connectivity index (χ3v) is 3.17. The zero-order chi connectivity index (χ0) is 14.5. The molecule has 0 spiro atoms. The Kier molecular flexibility index (Phi) is 4.40. The Hall–Kier alpha value is -2.30. The van der Waals surface area contributed by atoms with Crippen LogP contribution in [0.15, 0.2) is 36.7 Å². The van der Waals surface area contributed by atoms with Gasteiger partial charge in [-0.2, -0.15) is 5.10 Å². The molecule has 5 heteroatoms. The van der Waals surface area contributed by atoms with E-state index < -0.39 is 11.9 Å². The molecular weight excluding hydrogens is 252 g/mol. The van der Waals surface area contributed by atoms with Gasteiger partial charge in [-0.15, -0.1) is 0 Å². The number of nitrogens with two attached hydrogens (primary N) is 1. The van der Waals surface area contributed by atoms with E-state index in [9.17, 15) is 4.79 Å². The topological polar surface area (TPSA) is 72.9 Å². The number of carbonyl (C=O) groups is 1. The molecule has 0 fully saturated rings. The fourth-order valence-electron chi connectivity index (χ4n) is 2.09. The highest BCUT2D eigenvalue weighted by Gasteiger charge is 2.20. The van der Waals surface area contributed by atoms with Crippen LogP contribution >= 0.6 is 0 Å². The summed E-state index contributed by atoms with van der Waals surface area (Å²) in [5.74, 6) is -0.413. The van der Waals surface area contributed by atoms with E-state index in [0.717, 1.165) is 29.8 Å². The monoisotopic (exact) mass is 272 g/mol. The highest BCUT2D eigenvalue weighted by Crippen LogP contribution is 2.21. The SMILES string of the molecule is CCCn1cc(C(Nc2ccccc2C)C(N)=O)cn1. The van der Waals surface area contributed by atoms with Crippen molar-refractivity contribution in [1.29, 1.82) is 0 Å². The van der Waals surface area contributed by atoms with E-state index in [1.807, 2.05) is 42.1 Å². The minimum absolute atomic E-state index is 0.413. The molecule has 1 aromatic heterocycles. The number of benzene rings is 1. The van der Waals surface area contributed by atoms with E-state index in [0.29, 0.717) is 0 Å². The van der Waals surface area contributed by atoms with Crippen LogP contribution in [-0.4, -0.2) is 15.7 Å². The Morgan fingerprint density at radius 1 is 1.45 bits per heavy atom. The number of aryl methyl sites for hydroxylation is 2. The average Bonchev–Trinajstić information content (AvgIpc) is 2.86. The van der Waals surface area contributed by atoms with Crippen LogP contribution in [0.3, 0.4) is 0 Å². The maximum absolute atomic E-state index is 11.7. The molecule has 0 aliphatic carbocycles. The first kappa shape index (κ1) is 14.1. The van der Waals surface area contributed by atoms with Crippen LogP contribution in [0.5, 0.6) is 0 Å². The van der Waals surface area contributed by atoms with Gasteiger partial charge in [0.1, 0.15) is 6.04 Å². The van der Waals surface area contributed by atoms with Gasteiger partial charge in [-0.1, -0.05) is 25.1 Å². The predicted molar refractivity (Wildman–Crippen MR) is 79.3 cm³/mol. The van der Waals surface area contributed by atoms with Crippen molar-refractivity contribution in [3.05, 3.63) is 47.8 Å². The van der Waals surface area contributed by atoms with E-state index in [4.69, 9.17) is 5.73 Å². The van der Waals surface area contributed by atoms with Gasteiger partial charge in [0.05, 0.1) is 6.20 Å². The molecule has 1 amide bonds. The van der Waals surface area contributed by atoms with E-state index in [1.54, 1.807) is 6.20 Å². The molecule has 2 aromatic rings. The van der Waals surface area contributed by atoms with Crippen molar-refractivity contribution in [1.82, 2.24) is 9.78 Å². The van der Waals surface area contributed by atoms with E-state index in [-0.39, 0.29) is 0 Å². The lowest BCUT2D eigenvalue weighted by molar-refractivity contribution is -0.118. The van der Waals surface area contributed by atoms with Crippen LogP contribution in [0.2, 0.25) is 0 Å². The molecule has 0 saturated carbocycles. The molecule has 1 unspecified atom stereocenters. The molecule has 106 valence electrons. The third-order valence-electron chi connectivity index (χ3n) is 3.17. The van der Waals surface area contributed by atoms with Crippen molar-refractivity contribution in [2.45, 2.75) is 32.9 Å². The molecule has 5 nitrogen and oxygen atoms in total. The lowest BCUT2D eigenvalue weighted by Crippen LogP contribution is -2.27. The molecule has 1 heterocycles. The fraction of sp³-hybridized carbons (Fsp3) is 0.333. The molecule has 0 radical (unpaired) electrons. The van der Waals surface area contributed by atoms with Crippen LogP contribution in [0.1, 0.15) is 30.5 Å². The molecule has 0 saturated heterocycles. The quantitative estimate of drug-likeness (QED) is 0.847. The largest absolute Gasteiger partial charge is 0.370 e. The van der Waals surface area contributed by atoms with E-state index in [1.165, 1.54) is 0 Å². The van der Waals surface area contributed by atoms with E-state index >= 15 is 0 Å². The van der Waals surface area contributed by atoms with Crippen LogP contribution in [0, 0.1) is 6.92 Å². The van der Waals surface area contributed by atoms with Crippen molar-refractivity contribution in [3.63, 3.8) is 0 Å². The Balaban J connectivity index is 2.23. The van der Waals surface area contributed by atoms with Crippen LogP contribution in [0.25, 0.3) is 0 Å². The summed E-state index contributed by atoms with van der Waals surface area (Å²) in [5.41, 5.74) is 8.27. The molecule has 0 aliphatic heterocycles. The van der Waals surface area contributed by atoms with E-state index in [2.05, 4.69) is 17.3 Å². The van der Waals surface area contributed by atoms with Crippen LogP contribution < -0.4 is 11.1 Å². The number of rotatable bonds is 6. The standard InChI is InChI=1S/C15H20N4O/c1-3-8-19-10-12(9-17-19)14(15(16)20)18-13-7-5-4-6-11(13)2/h4-7,9-10,14,18H,3,8H2,1-2H3,(H2,16,20). The van der Waals surface area contributed by atoms with Crippen LogP contribution in [-0.2, 0) is 11.3 Å². The molecule has 3 N–H and O–H groups in total. The Bertz CT molecular complexity index is 591. The first-order valence-electron chi connectivity index (χ1n) is 6.75. The molecule has 1 atom stereocenters. The molecule has 0 bridgehead atoms.